The fraction of sp³-hybridized carbons (Fsp3) is 0.0741. The SMILES string of the molecule is COc1ccc(-c2nn(-c3ccccc3)cc2C=C(C#N)C(=O)Nc2cccc(C(F)(F)F)c2)cc1. The number of nitriles is 1. The number of para-hydroxylation sites is 1. The Kier molecular flexibility index (Phi) is 6.88. The summed E-state index contributed by atoms with van der Waals surface area (Å²) in [7, 11) is 1.55. The van der Waals surface area contributed by atoms with Crippen LogP contribution in [0.5, 0.6) is 5.75 Å². The molecule has 9 heteroatoms. The van der Waals surface area contributed by atoms with Crippen molar-refractivity contribution < 1.29 is 22.7 Å². The molecule has 4 rings (SSSR count). The third-order valence-electron chi connectivity index (χ3n) is 5.24. The number of rotatable bonds is 6. The topological polar surface area (TPSA) is 79.9 Å². The number of anilines is 1. The van der Waals surface area contributed by atoms with Crippen LogP contribution >= 0.6 is 0 Å². The van der Waals surface area contributed by atoms with E-state index in [1.165, 1.54) is 18.2 Å². The maximum absolute atomic E-state index is 13.0. The van der Waals surface area contributed by atoms with Gasteiger partial charge in [-0.25, -0.2) is 4.68 Å². The molecule has 1 N–H and O–H groups in total. The average Bonchev–Trinajstić information content (AvgIpc) is 3.31. The molecule has 0 radical (unpaired) electrons. The van der Waals surface area contributed by atoms with Crippen molar-refractivity contribution in [1.82, 2.24) is 9.78 Å². The van der Waals surface area contributed by atoms with E-state index in [2.05, 4.69) is 10.4 Å². The molecule has 4 aromatic rings. The van der Waals surface area contributed by atoms with E-state index >= 15 is 0 Å². The van der Waals surface area contributed by atoms with Gasteiger partial charge in [-0.1, -0.05) is 24.3 Å². The first-order chi connectivity index (χ1) is 17.3. The van der Waals surface area contributed by atoms with Crippen LogP contribution in [0.4, 0.5) is 18.9 Å². The number of amides is 1. The van der Waals surface area contributed by atoms with Crippen LogP contribution in [0.1, 0.15) is 11.1 Å². The minimum absolute atomic E-state index is 0.0775. The summed E-state index contributed by atoms with van der Waals surface area (Å²) >= 11 is 0. The molecule has 0 aliphatic rings. The van der Waals surface area contributed by atoms with E-state index in [-0.39, 0.29) is 11.3 Å². The number of hydrogen-bond donors (Lipinski definition) is 1. The number of ether oxygens (including phenoxy) is 1. The quantitative estimate of drug-likeness (QED) is 0.262. The molecule has 0 saturated heterocycles. The van der Waals surface area contributed by atoms with E-state index in [1.54, 1.807) is 42.3 Å². The lowest BCUT2D eigenvalue weighted by molar-refractivity contribution is -0.137. The summed E-state index contributed by atoms with van der Waals surface area (Å²) in [5.74, 6) is -0.193. The van der Waals surface area contributed by atoms with Crippen molar-refractivity contribution in [3.8, 4) is 28.8 Å². The van der Waals surface area contributed by atoms with Gasteiger partial charge in [0.2, 0.25) is 0 Å². The Morgan fingerprint density at radius 2 is 1.78 bits per heavy atom. The fourth-order valence-corrected chi connectivity index (χ4v) is 3.45. The molecule has 0 unspecified atom stereocenters. The van der Waals surface area contributed by atoms with Gasteiger partial charge in [-0.15, -0.1) is 0 Å². The van der Waals surface area contributed by atoms with Crippen LogP contribution in [0.25, 0.3) is 23.0 Å². The van der Waals surface area contributed by atoms with Crippen LogP contribution in [-0.4, -0.2) is 22.8 Å². The van der Waals surface area contributed by atoms with Crippen molar-refractivity contribution in [2.24, 2.45) is 0 Å². The predicted molar refractivity (Wildman–Crippen MR) is 129 cm³/mol. The zero-order valence-electron chi connectivity index (χ0n) is 19.0. The first kappa shape index (κ1) is 24.3. The molecule has 36 heavy (non-hydrogen) atoms. The number of hydrogen-bond acceptors (Lipinski definition) is 4. The van der Waals surface area contributed by atoms with Gasteiger partial charge in [-0.05, 0) is 60.7 Å². The van der Waals surface area contributed by atoms with E-state index in [0.29, 0.717) is 22.6 Å². The number of benzene rings is 3. The Morgan fingerprint density at radius 1 is 1.06 bits per heavy atom. The van der Waals surface area contributed by atoms with Crippen molar-refractivity contribution in [2.75, 3.05) is 12.4 Å². The number of carbonyl (C=O) groups is 1. The van der Waals surface area contributed by atoms with Crippen LogP contribution in [0.15, 0.2) is 90.6 Å². The summed E-state index contributed by atoms with van der Waals surface area (Å²) in [6.45, 7) is 0. The van der Waals surface area contributed by atoms with E-state index in [4.69, 9.17) is 4.74 Å². The summed E-state index contributed by atoms with van der Waals surface area (Å²) in [5, 5.41) is 16.7. The Hall–Kier alpha value is -4.84. The van der Waals surface area contributed by atoms with E-state index in [1.807, 2.05) is 36.4 Å². The van der Waals surface area contributed by atoms with Gasteiger partial charge in [0.15, 0.2) is 0 Å². The van der Waals surface area contributed by atoms with Crippen molar-refractivity contribution in [3.63, 3.8) is 0 Å². The van der Waals surface area contributed by atoms with E-state index in [9.17, 15) is 23.2 Å². The number of halogens is 3. The predicted octanol–water partition coefficient (Wildman–Crippen LogP) is 6.11. The Morgan fingerprint density at radius 3 is 2.42 bits per heavy atom. The third-order valence-corrected chi connectivity index (χ3v) is 5.24. The van der Waals surface area contributed by atoms with Crippen molar-refractivity contribution in [2.45, 2.75) is 6.18 Å². The van der Waals surface area contributed by atoms with Gasteiger partial charge in [0.1, 0.15) is 17.4 Å². The Labute approximate surface area is 204 Å². The number of alkyl halides is 3. The summed E-state index contributed by atoms with van der Waals surface area (Å²) in [6.07, 6.45) is -1.54. The van der Waals surface area contributed by atoms with Crippen LogP contribution in [0.2, 0.25) is 0 Å². The molecule has 0 spiro atoms. The van der Waals surface area contributed by atoms with Gasteiger partial charge in [-0.3, -0.25) is 4.79 Å². The molecule has 1 amide bonds. The molecule has 0 aliphatic heterocycles. The van der Waals surface area contributed by atoms with Gasteiger partial charge >= 0.3 is 6.18 Å². The lowest BCUT2D eigenvalue weighted by Gasteiger charge is -2.09. The van der Waals surface area contributed by atoms with E-state index < -0.39 is 17.6 Å². The summed E-state index contributed by atoms with van der Waals surface area (Å²) < 4.78 is 45.9. The standard InChI is InChI=1S/C27H19F3N4O2/c1-36-24-12-10-18(11-13-24)25-20(17-34(33-25)23-8-3-2-4-9-23)14-19(16-31)26(35)32-22-7-5-6-21(15-22)27(28,29)30/h2-15,17H,1H3,(H,32,35). The molecule has 0 aliphatic carbocycles. The van der Waals surface area contributed by atoms with Crippen LogP contribution in [0.3, 0.4) is 0 Å². The van der Waals surface area contributed by atoms with Gasteiger partial charge in [0.05, 0.1) is 24.1 Å². The zero-order chi connectivity index (χ0) is 25.7. The number of nitrogens with one attached hydrogen (secondary N) is 1. The highest BCUT2D eigenvalue weighted by atomic mass is 19.4. The van der Waals surface area contributed by atoms with Crippen LogP contribution in [-0.2, 0) is 11.0 Å². The number of nitrogens with zero attached hydrogens (tertiary/aromatic N) is 3. The minimum Gasteiger partial charge on any atom is -0.497 e. The number of aromatic nitrogens is 2. The largest absolute Gasteiger partial charge is 0.497 e. The first-order valence-corrected chi connectivity index (χ1v) is 10.7. The van der Waals surface area contributed by atoms with Gasteiger partial charge in [0.25, 0.3) is 5.91 Å². The van der Waals surface area contributed by atoms with Gasteiger partial charge in [-0.2, -0.15) is 23.5 Å². The van der Waals surface area contributed by atoms with Crippen molar-refractivity contribution >= 4 is 17.7 Å². The summed E-state index contributed by atoms with van der Waals surface area (Å²) in [5.41, 5.74) is 1.17. The molecule has 0 fully saturated rings. The van der Waals surface area contributed by atoms with E-state index in [0.717, 1.165) is 17.8 Å². The zero-order valence-corrected chi connectivity index (χ0v) is 19.0. The van der Waals surface area contributed by atoms with Crippen LogP contribution in [0, 0.1) is 11.3 Å². The van der Waals surface area contributed by atoms with Gasteiger partial charge in [0, 0.05) is 23.0 Å². The molecule has 0 atom stereocenters. The highest BCUT2D eigenvalue weighted by Crippen LogP contribution is 2.31. The summed E-state index contributed by atoms with van der Waals surface area (Å²) in [4.78, 5) is 12.8. The lowest BCUT2D eigenvalue weighted by Crippen LogP contribution is -2.14. The maximum atomic E-state index is 13.0. The molecule has 180 valence electrons. The molecule has 0 bridgehead atoms. The molecule has 6 nitrogen and oxygen atoms in total. The van der Waals surface area contributed by atoms with Gasteiger partial charge < -0.3 is 10.1 Å². The first-order valence-electron chi connectivity index (χ1n) is 10.7. The second-order valence-electron chi connectivity index (χ2n) is 7.64. The number of carbonyl (C=O) groups excluding carboxylic acids is 1. The molecular weight excluding hydrogens is 469 g/mol. The highest BCUT2D eigenvalue weighted by Gasteiger charge is 2.30. The third kappa shape index (κ3) is 5.45. The average molecular weight is 488 g/mol. The maximum Gasteiger partial charge on any atom is 0.416 e. The van der Waals surface area contributed by atoms with Crippen LogP contribution < -0.4 is 10.1 Å². The molecular formula is C27H19F3N4O2. The minimum atomic E-state index is -4.56. The normalized spacial score (nSPS) is 11.6. The Balaban J connectivity index is 1.72. The second-order valence-corrected chi connectivity index (χ2v) is 7.64. The molecule has 3 aromatic carbocycles. The summed E-state index contributed by atoms with van der Waals surface area (Å²) in [6, 6.07) is 22.4. The smallest absolute Gasteiger partial charge is 0.416 e. The lowest BCUT2D eigenvalue weighted by atomic mass is 10.1. The second kappa shape index (κ2) is 10.2. The van der Waals surface area contributed by atoms with Crippen molar-refractivity contribution in [1.29, 1.82) is 5.26 Å². The molecule has 0 saturated carbocycles. The fourth-order valence-electron chi connectivity index (χ4n) is 3.45. The Bertz CT molecular complexity index is 1450. The van der Waals surface area contributed by atoms with Crippen molar-refractivity contribution in [3.05, 3.63) is 102 Å². The molecule has 1 heterocycles. The monoisotopic (exact) mass is 488 g/mol. The number of methoxy groups -OCH3 is 1. The highest BCUT2D eigenvalue weighted by molar-refractivity contribution is 6.10. The molecule has 1 aromatic heterocycles.